The van der Waals surface area contributed by atoms with Gasteiger partial charge in [0.1, 0.15) is 5.75 Å². The highest BCUT2D eigenvalue weighted by Crippen LogP contribution is 2.13. The Morgan fingerprint density at radius 2 is 1.72 bits per heavy atom. The van der Waals surface area contributed by atoms with Gasteiger partial charge in [-0.05, 0) is 19.1 Å². The van der Waals surface area contributed by atoms with Crippen LogP contribution in [0.3, 0.4) is 0 Å². The number of hydrogen-bond donors (Lipinski definition) is 0. The maximum absolute atomic E-state index is 5.68. The second kappa shape index (κ2) is 7.76. The van der Waals surface area contributed by atoms with Gasteiger partial charge in [0.05, 0.1) is 13.2 Å². The minimum atomic E-state index is -2.83. The molecule has 0 atom stereocenters. The zero-order chi connectivity index (χ0) is 13.4. The average molecular weight is 291 g/mol. The molecule has 0 spiro atoms. The average Bonchev–Trinajstić information content (AvgIpc) is 2.42. The van der Waals surface area contributed by atoms with Gasteiger partial charge in [-0.2, -0.15) is 0 Å². The fraction of sp³-hybridized carbons (Fsp3) is 0.500. The summed E-state index contributed by atoms with van der Waals surface area (Å²) in [7, 11) is 0.341. The van der Waals surface area contributed by atoms with E-state index in [-0.39, 0.29) is 0 Å². The summed E-state index contributed by atoms with van der Waals surface area (Å²) in [5, 5.41) is 0.890. The van der Waals surface area contributed by atoms with E-state index in [0.717, 1.165) is 10.9 Å². The van der Waals surface area contributed by atoms with Gasteiger partial charge >= 0.3 is 8.80 Å². The van der Waals surface area contributed by atoms with E-state index in [9.17, 15) is 0 Å². The van der Waals surface area contributed by atoms with Crippen LogP contribution < -0.4 is 9.92 Å². The molecule has 102 valence electrons. The van der Waals surface area contributed by atoms with Gasteiger partial charge in [-0.15, -0.1) is 11.6 Å². The Labute approximate surface area is 114 Å². The Morgan fingerprint density at radius 3 is 2.17 bits per heavy atom. The van der Waals surface area contributed by atoms with Crippen LogP contribution in [0.25, 0.3) is 0 Å². The molecule has 0 heterocycles. The lowest BCUT2D eigenvalue weighted by atomic mass is 10.3. The highest BCUT2D eigenvalue weighted by molar-refractivity contribution is 6.75. The van der Waals surface area contributed by atoms with Crippen molar-refractivity contribution in [1.82, 2.24) is 0 Å². The van der Waals surface area contributed by atoms with E-state index in [2.05, 4.69) is 0 Å². The summed E-state index contributed by atoms with van der Waals surface area (Å²) in [6.07, 6.45) is 0. The summed E-state index contributed by atoms with van der Waals surface area (Å²) in [5.74, 6) is 1.21. The van der Waals surface area contributed by atoms with Gasteiger partial charge in [0, 0.05) is 25.3 Å². The molecule has 1 aromatic carbocycles. The molecule has 1 rings (SSSR count). The molecule has 0 aliphatic carbocycles. The first-order valence-corrected chi connectivity index (χ1v) is 8.02. The van der Waals surface area contributed by atoms with E-state index < -0.39 is 8.80 Å². The minimum Gasteiger partial charge on any atom is -0.494 e. The highest BCUT2D eigenvalue weighted by atomic mass is 35.5. The highest BCUT2D eigenvalue weighted by Gasteiger charge is 2.41. The van der Waals surface area contributed by atoms with Crippen molar-refractivity contribution in [2.45, 2.75) is 6.92 Å². The van der Waals surface area contributed by atoms with E-state index in [0.29, 0.717) is 19.1 Å². The van der Waals surface area contributed by atoms with Gasteiger partial charge < -0.3 is 18.0 Å². The third-order valence-electron chi connectivity index (χ3n) is 2.43. The van der Waals surface area contributed by atoms with Crippen LogP contribution in [0.4, 0.5) is 0 Å². The second-order valence-corrected chi connectivity index (χ2v) is 6.63. The molecule has 18 heavy (non-hydrogen) atoms. The van der Waals surface area contributed by atoms with Gasteiger partial charge in [-0.1, -0.05) is 12.1 Å². The Morgan fingerprint density at radius 1 is 1.11 bits per heavy atom. The Balaban J connectivity index is 2.90. The molecular weight excluding hydrogens is 272 g/mol. The van der Waals surface area contributed by atoms with Crippen molar-refractivity contribution in [3.05, 3.63) is 24.3 Å². The van der Waals surface area contributed by atoms with Crippen molar-refractivity contribution in [1.29, 1.82) is 0 Å². The van der Waals surface area contributed by atoms with E-state index in [4.69, 9.17) is 29.6 Å². The van der Waals surface area contributed by atoms with Crippen LogP contribution in [-0.2, 0) is 13.3 Å². The first-order chi connectivity index (χ1) is 8.72. The monoisotopic (exact) mass is 290 g/mol. The molecule has 0 fully saturated rings. The SMILES string of the molecule is CCOc1ccc([Si](OC)(OC)OCCCl)cc1. The summed E-state index contributed by atoms with van der Waals surface area (Å²) >= 11 is 5.64. The lowest BCUT2D eigenvalue weighted by Gasteiger charge is -2.26. The fourth-order valence-corrected chi connectivity index (χ4v) is 3.81. The van der Waals surface area contributed by atoms with Crippen molar-refractivity contribution in [3.8, 4) is 5.75 Å². The summed E-state index contributed by atoms with van der Waals surface area (Å²) in [6.45, 7) is 2.97. The van der Waals surface area contributed by atoms with Crippen molar-refractivity contribution in [2.75, 3.05) is 33.3 Å². The normalized spacial score (nSPS) is 11.6. The first kappa shape index (κ1) is 15.5. The third-order valence-corrected chi connectivity index (χ3v) is 5.28. The van der Waals surface area contributed by atoms with Crippen LogP contribution in [0.2, 0.25) is 0 Å². The van der Waals surface area contributed by atoms with Crippen molar-refractivity contribution >= 4 is 25.6 Å². The van der Waals surface area contributed by atoms with Crippen molar-refractivity contribution in [2.24, 2.45) is 0 Å². The van der Waals surface area contributed by atoms with Gasteiger partial charge in [-0.3, -0.25) is 0 Å². The largest absolute Gasteiger partial charge is 0.536 e. The molecule has 0 bridgehead atoms. The molecule has 0 saturated carbocycles. The maximum Gasteiger partial charge on any atom is 0.536 e. The Hall–Kier alpha value is -0.593. The number of ether oxygens (including phenoxy) is 1. The number of halogens is 1. The van der Waals surface area contributed by atoms with Crippen LogP contribution in [0.1, 0.15) is 6.92 Å². The maximum atomic E-state index is 5.68. The standard InChI is InChI=1S/C12H19ClO4Si/c1-4-16-11-5-7-12(8-6-11)18(14-2,15-3)17-10-9-13/h5-8H,4,9-10H2,1-3H3. The van der Waals surface area contributed by atoms with Crippen LogP contribution in [0, 0.1) is 0 Å². The predicted molar refractivity (Wildman–Crippen MR) is 73.7 cm³/mol. The summed E-state index contributed by atoms with van der Waals surface area (Å²) in [5.41, 5.74) is 0. The fourth-order valence-electron chi connectivity index (χ4n) is 1.62. The molecule has 0 amide bonds. The summed E-state index contributed by atoms with van der Waals surface area (Å²) in [6, 6.07) is 7.56. The van der Waals surface area contributed by atoms with Gasteiger partial charge in [0.25, 0.3) is 0 Å². The molecule has 4 nitrogen and oxygen atoms in total. The van der Waals surface area contributed by atoms with E-state index in [1.54, 1.807) is 14.2 Å². The molecule has 0 N–H and O–H groups in total. The zero-order valence-corrected chi connectivity index (χ0v) is 12.7. The van der Waals surface area contributed by atoms with Gasteiger partial charge in [0.2, 0.25) is 0 Å². The second-order valence-electron chi connectivity index (χ2n) is 3.46. The number of benzene rings is 1. The molecule has 0 radical (unpaired) electrons. The molecular formula is C12H19ClO4Si. The summed E-state index contributed by atoms with van der Waals surface area (Å²) in [4.78, 5) is 0. The minimum absolute atomic E-state index is 0.392. The van der Waals surface area contributed by atoms with E-state index in [1.165, 1.54) is 0 Å². The van der Waals surface area contributed by atoms with Crippen LogP contribution in [-0.4, -0.2) is 42.1 Å². The third kappa shape index (κ3) is 3.70. The topological polar surface area (TPSA) is 36.9 Å². The van der Waals surface area contributed by atoms with Crippen LogP contribution >= 0.6 is 11.6 Å². The van der Waals surface area contributed by atoms with Gasteiger partial charge in [-0.25, -0.2) is 0 Å². The molecule has 0 aliphatic heterocycles. The van der Waals surface area contributed by atoms with E-state index in [1.807, 2.05) is 31.2 Å². The molecule has 0 aromatic heterocycles. The first-order valence-electron chi connectivity index (χ1n) is 5.76. The number of alkyl halides is 1. The lowest BCUT2D eigenvalue weighted by Crippen LogP contribution is -2.55. The Kier molecular flexibility index (Phi) is 6.66. The van der Waals surface area contributed by atoms with Crippen molar-refractivity contribution in [3.63, 3.8) is 0 Å². The number of rotatable bonds is 8. The molecule has 6 heteroatoms. The summed E-state index contributed by atoms with van der Waals surface area (Å²) < 4.78 is 22.0. The number of hydrogen-bond acceptors (Lipinski definition) is 4. The quantitative estimate of drug-likeness (QED) is 0.540. The van der Waals surface area contributed by atoms with E-state index >= 15 is 0 Å². The molecule has 1 aromatic rings. The van der Waals surface area contributed by atoms with Crippen molar-refractivity contribution < 1.29 is 18.0 Å². The Bertz CT molecular complexity index is 340. The smallest absolute Gasteiger partial charge is 0.494 e. The zero-order valence-electron chi connectivity index (χ0n) is 10.9. The molecule has 0 unspecified atom stereocenters. The lowest BCUT2D eigenvalue weighted by molar-refractivity contribution is 0.120. The molecule has 0 aliphatic rings. The van der Waals surface area contributed by atoms with Crippen LogP contribution in [0.15, 0.2) is 24.3 Å². The predicted octanol–water partition coefficient (Wildman–Crippen LogP) is 1.78. The van der Waals surface area contributed by atoms with Gasteiger partial charge in [0.15, 0.2) is 0 Å². The molecule has 0 saturated heterocycles. The van der Waals surface area contributed by atoms with Crippen LogP contribution in [0.5, 0.6) is 5.75 Å².